The molecule has 1 unspecified atom stereocenters. The maximum absolute atomic E-state index is 9.15. The highest BCUT2D eigenvalue weighted by Gasteiger charge is 2.02. The van der Waals surface area contributed by atoms with Gasteiger partial charge in [-0.1, -0.05) is 6.07 Å². The van der Waals surface area contributed by atoms with E-state index in [1.165, 1.54) is 12.1 Å². The standard InChI is InChI=1S/C10H14O3/c1-7(11)2-3-8-4-5-9(12)10(13)6-8/h4-7,11-13H,2-3H2,1H3. The van der Waals surface area contributed by atoms with Gasteiger partial charge in [-0.3, -0.25) is 0 Å². The lowest BCUT2D eigenvalue weighted by atomic mass is 10.1. The lowest BCUT2D eigenvalue weighted by molar-refractivity contribution is 0.185. The van der Waals surface area contributed by atoms with E-state index in [1.807, 2.05) is 0 Å². The van der Waals surface area contributed by atoms with Crippen molar-refractivity contribution in [3.63, 3.8) is 0 Å². The monoisotopic (exact) mass is 182 g/mol. The molecule has 1 aromatic rings. The van der Waals surface area contributed by atoms with Crippen molar-refractivity contribution >= 4 is 0 Å². The van der Waals surface area contributed by atoms with Gasteiger partial charge in [0.2, 0.25) is 0 Å². The van der Waals surface area contributed by atoms with Crippen LogP contribution >= 0.6 is 0 Å². The molecule has 3 nitrogen and oxygen atoms in total. The van der Waals surface area contributed by atoms with E-state index in [9.17, 15) is 0 Å². The summed E-state index contributed by atoms with van der Waals surface area (Å²) in [6, 6.07) is 4.70. The second kappa shape index (κ2) is 4.14. The van der Waals surface area contributed by atoms with Crippen LogP contribution in [0.1, 0.15) is 18.9 Å². The van der Waals surface area contributed by atoms with Crippen molar-refractivity contribution in [3.05, 3.63) is 23.8 Å². The zero-order valence-corrected chi connectivity index (χ0v) is 7.57. The summed E-state index contributed by atoms with van der Waals surface area (Å²) >= 11 is 0. The van der Waals surface area contributed by atoms with Gasteiger partial charge < -0.3 is 15.3 Å². The Morgan fingerprint density at radius 2 is 1.92 bits per heavy atom. The largest absolute Gasteiger partial charge is 0.504 e. The first kappa shape index (κ1) is 9.86. The maximum atomic E-state index is 9.15. The third-order valence-corrected chi connectivity index (χ3v) is 1.89. The summed E-state index contributed by atoms with van der Waals surface area (Å²) in [5.74, 6) is -0.219. The minimum atomic E-state index is -0.337. The molecule has 0 aromatic heterocycles. The van der Waals surface area contributed by atoms with Gasteiger partial charge in [0.15, 0.2) is 11.5 Å². The molecular weight excluding hydrogens is 168 g/mol. The molecule has 0 bridgehead atoms. The Morgan fingerprint density at radius 1 is 1.23 bits per heavy atom. The Kier molecular flexibility index (Phi) is 3.14. The van der Waals surface area contributed by atoms with Crippen molar-refractivity contribution in [2.75, 3.05) is 0 Å². The van der Waals surface area contributed by atoms with Crippen molar-refractivity contribution in [3.8, 4) is 11.5 Å². The van der Waals surface area contributed by atoms with E-state index in [0.29, 0.717) is 12.8 Å². The second-order valence-electron chi connectivity index (χ2n) is 3.21. The van der Waals surface area contributed by atoms with E-state index in [4.69, 9.17) is 15.3 Å². The third kappa shape index (κ3) is 2.95. The molecular formula is C10H14O3. The molecule has 0 aliphatic heterocycles. The molecule has 0 amide bonds. The van der Waals surface area contributed by atoms with E-state index in [-0.39, 0.29) is 17.6 Å². The van der Waals surface area contributed by atoms with Crippen molar-refractivity contribution in [1.82, 2.24) is 0 Å². The average Bonchev–Trinajstić information content (AvgIpc) is 2.07. The number of aromatic hydroxyl groups is 2. The fraction of sp³-hybridized carbons (Fsp3) is 0.400. The SMILES string of the molecule is CC(O)CCc1ccc(O)c(O)c1. The van der Waals surface area contributed by atoms with Crippen molar-refractivity contribution < 1.29 is 15.3 Å². The molecule has 72 valence electrons. The van der Waals surface area contributed by atoms with Gasteiger partial charge in [0.05, 0.1) is 6.10 Å². The van der Waals surface area contributed by atoms with Gasteiger partial charge in [0.25, 0.3) is 0 Å². The van der Waals surface area contributed by atoms with Crippen LogP contribution in [0, 0.1) is 0 Å². The highest BCUT2D eigenvalue weighted by atomic mass is 16.3. The summed E-state index contributed by atoms with van der Waals surface area (Å²) in [5.41, 5.74) is 0.913. The number of phenols is 2. The molecule has 0 fully saturated rings. The van der Waals surface area contributed by atoms with Gasteiger partial charge in [0.1, 0.15) is 0 Å². The molecule has 0 heterocycles. The predicted octanol–water partition coefficient (Wildman–Crippen LogP) is 1.41. The van der Waals surface area contributed by atoms with Crippen molar-refractivity contribution in [1.29, 1.82) is 0 Å². The molecule has 0 aliphatic rings. The summed E-state index contributed by atoms with van der Waals surface area (Å²) in [6.07, 6.45) is 1.02. The van der Waals surface area contributed by atoms with E-state index in [0.717, 1.165) is 5.56 Å². The number of hydrogen-bond donors (Lipinski definition) is 3. The van der Waals surface area contributed by atoms with E-state index < -0.39 is 0 Å². The van der Waals surface area contributed by atoms with Gasteiger partial charge >= 0.3 is 0 Å². The molecule has 1 rings (SSSR count). The number of hydrogen-bond acceptors (Lipinski definition) is 3. The quantitative estimate of drug-likeness (QED) is 0.619. The number of aliphatic hydroxyl groups excluding tert-OH is 1. The minimum Gasteiger partial charge on any atom is -0.504 e. The van der Waals surface area contributed by atoms with E-state index in [2.05, 4.69) is 0 Å². The predicted molar refractivity (Wildman–Crippen MR) is 49.8 cm³/mol. The first-order valence-electron chi connectivity index (χ1n) is 4.28. The summed E-state index contributed by atoms with van der Waals surface area (Å²) in [4.78, 5) is 0. The fourth-order valence-electron chi connectivity index (χ4n) is 1.10. The van der Waals surface area contributed by atoms with Gasteiger partial charge in [-0.25, -0.2) is 0 Å². The van der Waals surface area contributed by atoms with Crippen LogP contribution in [-0.2, 0) is 6.42 Å². The molecule has 1 atom stereocenters. The van der Waals surface area contributed by atoms with Crippen LogP contribution in [0.4, 0.5) is 0 Å². The smallest absolute Gasteiger partial charge is 0.157 e. The molecule has 3 N–H and O–H groups in total. The molecule has 13 heavy (non-hydrogen) atoms. The molecule has 1 aromatic carbocycles. The Labute approximate surface area is 77.3 Å². The third-order valence-electron chi connectivity index (χ3n) is 1.89. The molecule has 0 aliphatic carbocycles. The maximum Gasteiger partial charge on any atom is 0.157 e. The van der Waals surface area contributed by atoms with E-state index >= 15 is 0 Å². The number of phenolic OH excluding ortho intramolecular Hbond substituents is 2. The minimum absolute atomic E-state index is 0.108. The number of aliphatic hydroxyl groups is 1. The Balaban J connectivity index is 2.63. The van der Waals surface area contributed by atoms with Gasteiger partial charge in [-0.2, -0.15) is 0 Å². The van der Waals surface area contributed by atoms with Gasteiger partial charge in [-0.15, -0.1) is 0 Å². The van der Waals surface area contributed by atoms with Crippen LogP contribution in [0.25, 0.3) is 0 Å². The lowest BCUT2D eigenvalue weighted by Gasteiger charge is -2.05. The first-order chi connectivity index (χ1) is 6.09. The number of aryl methyl sites for hydroxylation is 1. The fourth-order valence-corrected chi connectivity index (χ4v) is 1.10. The highest BCUT2D eigenvalue weighted by molar-refractivity contribution is 5.40. The second-order valence-corrected chi connectivity index (χ2v) is 3.21. The molecule has 0 spiro atoms. The first-order valence-corrected chi connectivity index (χ1v) is 4.28. The molecule has 3 heteroatoms. The molecule has 0 saturated carbocycles. The highest BCUT2D eigenvalue weighted by Crippen LogP contribution is 2.25. The van der Waals surface area contributed by atoms with Gasteiger partial charge in [0, 0.05) is 0 Å². The Bertz CT molecular complexity index is 281. The van der Waals surface area contributed by atoms with Crippen LogP contribution in [-0.4, -0.2) is 21.4 Å². The Hall–Kier alpha value is -1.22. The summed E-state index contributed by atoms with van der Waals surface area (Å²) < 4.78 is 0. The van der Waals surface area contributed by atoms with Crippen LogP contribution in [0.15, 0.2) is 18.2 Å². The van der Waals surface area contributed by atoms with E-state index in [1.54, 1.807) is 13.0 Å². The topological polar surface area (TPSA) is 60.7 Å². The van der Waals surface area contributed by atoms with Gasteiger partial charge in [-0.05, 0) is 37.5 Å². The lowest BCUT2D eigenvalue weighted by Crippen LogP contribution is -2.01. The zero-order valence-electron chi connectivity index (χ0n) is 7.57. The summed E-state index contributed by atoms with van der Waals surface area (Å²) in [5, 5.41) is 27.2. The number of benzene rings is 1. The molecule has 0 radical (unpaired) electrons. The van der Waals surface area contributed by atoms with Crippen LogP contribution in [0.2, 0.25) is 0 Å². The van der Waals surface area contributed by atoms with Crippen LogP contribution in [0.3, 0.4) is 0 Å². The summed E-state index contributed by atoms with van der Waals surface area (Å²) in [7, 11) is 0. The normalized spacial score (nSPS) is 12.8. The van der Waals surface area contributed by atoms with Crippen molar-refractivity contribution in [2.45, 2.75) is 25.9 Å². The number of rotatable bonds is 3. The summed E-state index contributed by atoms with van der Waals surface area (Å²) in [6.45, 7) is 1.72. The van der Waals surface area contributed by atoms with Crippen LogP contribution in [0.5, 0.6) is 11.5 Å². The average molecular weight is 182 g/mol. The zero-order chi connectivity index (χ0) is 9.84. The Morgan fingerprint density at radius 3 is 2.46 bits per heavy atom. The molecule has 0 saturated heterocycles. The van der Waals surface area contributed by atoms with Crippen molar-refractivity contribution in [2.24, 2.45) is 0 Å². The van der Waals surface area contributed by atoms with Crippen LogP contribution < -0.4 is 0 Å².